The van der Waals surface area contributed by atoms with E-state index in [1.807, 2.05) is 16.8 Å². The molecule has 5 nitrogen and oxygen atoms in total. The highest BCUT2D eigenvalue weighted by molar-refractivity contribution is 5.85. The number of rotatable bonds is 3. The molecule has 0 saturated heterocycles. The number of halogens is 2. The van der Waals surface area contributed by atoms with Crippen LogP contribution in [-0.4, -0.2) is 27.2 Å². The lowest BCUT2D eigenvalue weighted by Gasteiger charge is -2.24. The van der Waals surface area contributed by atoms with Gasteiger partial charge in [0, 0.05) is 29.6 Å². The van der Waals surface area contributed by atoms with Crippen molar-refractivity contribution in [2.24, 2.45) is 11.7 Å². The third-order valence-electron chi connectivity index (χ3n) is 6.69. The first kappa shape index (κ1) is 19.7. The van der Waals surface area contributed by atoms with E-state index < -0.39 is 0 Å². The standard InChI is InChI=1S/C19H27N5.2ClH/c20-14-4-3-13(11-14)12-21-18-15-5-9-19(7-1-2-8-19)17(15)23-16-6-10-22-24(16)18;;/h6,10,13-14,21H,1-5,7-9,11-12,20H2;2*1H/t13-,14-;;/m0../s1. The van der Waals surface area contributed by atoms with Gasteiger partial charge in [0.15, 0.2) is 5.65 Å². The summed E-state index contributed by atoms with van der Waals surface area (Å²) >= 11 is 0. The second kappa shape index (κ2) is 7.53. The van der Waals surface area contributed by atoms with Gasteiger partial charge in [-0.3, -0.25) is 0 Å². The summed E-state index contributed by atoms with van der Waals surface area (Å²) in [5.74, 6) is 1.89. The van der Waals surface area contributed by atoms with Crippen LogP contribution in [0.15, 0.2) is 12.3 Å². The lowest BCUT2D eigenvalue weighted by Crippen LogP contribution is -2.22. The highest BCUT2D eigenvalue weighted by atomic mass is 35.5. The van der Waals surface area contributed by atoms with Crippen molar-refractivity contribution < 1.29 is 0 Å². The molecule has 3 N–H and O–H groups in total. The Kier molecular flexibility index (Phi) is 5.71. The van der Waals surface area contributed by atoms with E-state index >= 15 is 0 Å². The van der Waals surface area contributed by atoms with E-state index in [4.69, 9.17) is 10.7 Å². The van der Waals surface area contributed by atoms with Gasteiger partial charge in [0.2, 0.25) is 0 Å². The van der Waals surface area contributed by atoms with Gasteiger partial charge in [-0.05, 0) is 50.9 Å². The second-order valence-electron chi connectivity index (χ2n) is 8.20. The van der Waals surface area contributed by atoms with Crippen LogP contribution >= 0.6 is 24.8 Å². The summed E-state index contributed by atoms with van der Waals surface area (Å²) < 4.78 is 2.02. The molecule has 0 aliphatic heterocycles. The maximum atomic E-state index is 6.08. The van der Waals surface area contributed by atoms with Gasteiger partial charge in [-0.2, -0.15) is 9.61 Å². The Morgan fingerprint density at radius 1 is 1.19 bits per heavy atom. The Bertz CT molecular complexity index is 769. The first-order valence-electron chi connectivity index (χ1n) is 9.62. The van der Waals surface area contributed by atoms with Gasteiger partial charge in [-0.25, -0.2) is 4.98 Å². The van der Waals surface area contributed by atoms with Crippen LogP contribution in [0.5, 0.6) is 0 Å². The largest absolute Gasteiger partial charge is 0.369 e. The summed E-state index contributed by atoms with van der Waals surface area (Å²) in [6, 6.07) is 2.43. The smallest absolute Gasteiger partial charge is 0.157 e. The average Bonchev–Trinajstić information content (AvgIpc) is 3.35. The summed E-state index contributed by atoms with van der Waals surface area (Å²) in [6.07, 6.45) is 13.2. The Hall–Kier alpha value is -1.04. The molecule has 3 aliphatic carbocycles. The molecule has 1 spiro atoms. The van der Waals surface area contributed by atoms with Crippen molar-refractivity contribution in [3.63, 3.8) is 0 Å². The fourth-order valence-electron chi connectivity index (χ4n) is 5.39. The molecule has 2 aromatic heterocycles. The molecular formula is C19H29Cl2N5. The number of nitrogens with one attached hydrogen (secondary N) is 1. The molecule has 0 unspecified atom stereocenters. The summed E-state index contributed by atoms with van der Waals surface area (Å²) in [5.41, 5.74) is 10.2. The predicted molar refractivity (Wildman–Crippen MR) is 110 cm³/mol. The maximum absolute atomic E-state index is 6.08. The van der Waals surface area contributed by atoms with Gasteiger partial charge >= 0.3 is 0 Å². The minimum absolute atomic E-state index is 0. The zero-order chi connectivity index (χ0) is 16.1. The molecule has 144 valence electrons. The van der Waals surface area contributed by atoms with Gasteiger partial charge in [-0.1, -0.05) is 12.8 Å². The molecule has 2 atom stereocenters. The average molecular weight is 398 g/mol. The maximum Gasteiger partial charge on any atom is 0.157 e. The van der Waals surface area contributed by atoms with Crippen molar-refractivity contribution in [2.75, 3.05) is 11.9 Å². The quantitative estimate of drug-likeness (QED) is 0.824. The van der Waals surface area contributed by atoms with Crippen molar-refractivity contribution >= 4 is 36.3 Å². The van der Waals surface area contributed by atoms with Gasteiger partial charge in [0.25, 0.3) is 0 Å². The summed E-state index contributed by atoms with van der Waals surface area (Å²) in [6.45, 7) is 1.01. The van der Waals surface area contributed by atoms with E-state index in [1.54, 1.807) is 0 Å². The number of anilines is 1. The summed E-state index contributed by atoms with van der Waals surface area (Å²) in [7, 11) is 0. The fourth-order valence-corrected chi connectivity index (χ4v) is 5.39. The zero-order valence-corrected chi connectivity index (χ0v) is 16.7. The van der Waals surface area contributed by atoms with Gasteiger partial charge in [0.05, 0.1) is 11.9 Å². The predicted octanol–water partition coefficient (Wildman–Crippen LogP) is 3.87. The van der Waals surface area contributed by atoms with Crippen LogP contribution < -0.4 is 11.1 Å². The lowest BCUT2D eigenvalue weighted by molar-refractivity contribution is 0.429. The first-order valence-corrected chi connectivity index (χ1v) is 9.62. The van der Waals surface area contributed by atoms with E-state index in [1.165, 1.54) is 62.0 Å². The van der Waals surface area contributed by atoms with E-state index in [9.17, 15) is 0 Å². The van der Waals surface area contributed by atoms with E-state index in [2.05, 4.69) is 10.4 Å². The van der Waals surface area contributed by atoms with Crippen molar-refractivity contribution in [2.45, 2.75) is 69.2 Å². The molecule has 0 bridgehead atoms. The Morgan fingerprint density at radius 3 is 2.73 bits per heavy atom. The molecule has 26 heavy (non-hydrogen) atoms. The van der Waals surface area contributed by atoms with Gasteiger partial charge in [-0.15, -0.1) is 24.8 Å². The minimum atomic E-state index is 0. The third-order valence-corrected chi connectivity index (χ3v) is 6.69. The Balaban J connectivity index is 0.000000980. The van der Waals surface area contributed by atoms with E-state index in [0.717, 1.165) is 25.0 Å². The highest BCUT2D eigenvalue weighted by Gasteiger charge is 2.44. The first-order chi connectivity index (χ1) is 11.8. The van der Waals surface area contributed by atoms with Crippen molar-refractivity contribution in [1.82, 2.24) is 14.6 Å². The lowest BCUT2D eigenvalue weighted by atomic mass is 9.83. The van der Waals surface area contributed by atoms with Crippen LogP contribution in [0.3, 0.4) is 0 Å². The Morgan fingerprint density at radius 2 is 2.00 bits per heavy atom. The van der Waals surface area contributed by atoms with Crippen LogP contribution in [0, 0.1) is 5.92 Å². The van der Waals surface area contributed by atoms with Crippen LogP contribution in [-0.2, 0) is 11.8 Å². The van der Waals surface area contributed by atoms with Crippen molar-refractivity contribution in [3.8, 4) is 0 Å². The number of nitrogens with two attached hydrogens (primary N) is 1. The minimum Gasteiger partial charge on any atom is -0.369 e. The molecule has 3 aliphatic rings. The molecular weight excluding hydrogens is 369 g/mol. The van der Waals surface area contributed by atoms with Crippen LogP contribution in [0.4, 0.5) is 5.82 Å². The highest BCUT2D eigenvalue weighted by Crippen LogP contribution is 2.50. The topological polar surface area (TPSA) is 68.2 Å². The number of nitrogens with zero attached hydrogens (tertiary/aromatic N) is 3. The molecule has 2 saturated carbocycles. The molecule has 7 heteroatoms. The molecule has 2 fully saturated rings. The normalized spacial score (nSPS) is 25.9. The fraction of sp³-hybridized carbons (Fsp3) is 0.684. The van der Waals surface area contributed by atoms with Crippen molar-refractivity contribution in [3.05, 3.63) is 23.5 Å². The molecule has 0 amide bonds. The molecule has 5 rings (SSSR count). The number of hydrogen-bond acceptors (Lipinski definition) is 4. The monoisotopic (exact) mass is 397 g/mol. The SMILES string of the molecule is Cl.Cl.N[C@H]1CC[C@H](CNc2c3c(nc4ccnn24)C2(CCCC2)CC3)C1. The van der Waals surface area contributed by atoms with E-state index in [0.29, 0.717) is 17.4 Å². The molecule has 0 aromatic carbocycles. The number of aromatic nitrogens is 3. The van der Waals surface area contributed by atoms with Gasteiger partial charge in [0.1, 0.15) is 5.82 Å². The van der Waals surface area contributed by atoms with Gasteiger partial charge < -0.3 is 11.1 Å². The number of hydrogen-bond donors (Lipinski definition) is 2. The van der Waals surface area contributed by atoms with Crippen LogP contribution in [0.1, 0.15) is 62.6 Å². The van der Waals surface area contributed by atoms with Crippen molar-refractivity contribution in [1.29, 1.82) is 0 Å². The second-order valence-corrected chi connectivity index (χ2v) is 8.20. The molecule has 0 radical (unpaired) electrons. The molecule has 2 aromatic rings. The Labute approximate surface area is 167 Å². The third kappa shape index (κ3) is 3.08. The van der Waals surface area contributed by atoms with E-state index in [-0.39, 0.29) is 24.8 Å². The summed E-state index contributed by atoms with van der Waals surface area (Å²) in [5, 5.41) is 8.29. The van der Waals surface area contributed by atoms with Crippen LogP contribution in [0.2, 0.25) is 0 Å². The zero-order valence-electron chi connectivity index (χ0n) is 15.1. The molecule has 2 heterocycles. The summed E-state index contributed by atoms with van der Waals surface area (Å²) in [4.78, 5) is 5.04. The number of fused-ring (bicyclic) bond motifs is 3. The van der Waals surface area contributed by atoms with Crippen LogP contribution in [0.25, 0.3) is 5.65 Å².